The monoisotopic (exact) mass is 240 g/mol. The number of aryl methyl sites for hydroxylation is 1. The third kappa shape index (κ3) is 4.61. The SMILES string of the molecule is CCc1cnc(CN=C(N)NCC(C)C)s1. The summed E-state index contributed by atoms with van der Waals surface area (Å²) in [5, 5.41) is 4.10. The molecule has 0 aliphatic heterocycles. The number of guanidine groups is 1. The largest absolute Gasteiger partial charge is 0.370 e. The van der Waals surface area contributed by atoms with Crippen LogP contribution in [0, 0.1) is 5.92 Å². The Balaban J connectivity index is 2.39. The molecule has 0 aliphatic carbocycles. The Bertz CT molecular complexity index is 344. The lowest BCUT2D eigenvalue weighted by Crippen LogP contribution is -2.34. The zero-order chi connectivity index (χ0) is 12.0. The molecule has 0 saturated carbocycles. The average Bonchev–Trinajstić information content (AvgIpc) is 2.71. The van der Waals surface area contributed by atoms with Crippen molar-refractivity contribution in [2.45, 2.75) is 33.7 Å². The van der Waals surface area contributed by atoms with Crippen LogP contribution in [0.2, 0.25) is 0 Å². The van der Waals surface area contributed by atoms with Crippen LogP contribution in [-0.4, -0.2) is 17.5 Å². The molecule has 5 heteroatoms. The highest BCUT2D eigenvalue weighted by molar-refractivity contribution is 7.11. The number of hydrogen-bond acceptors (Lipinski definition) is 3. The molecule has 1 heterocycles. The fraction of sp³-hybridized carbons (Fsp3) is 0.636. The van der Waals surface area contributed by atoms with E-state index < -0.39 is 0 Å². The van der Waals surface area contributed by atoms with Crippen molar-refractivity contribution in [1.29, 1.82) is 0 Å². The van der Waals surface area contributed by atoms with Crippen LogP contribution in [0.15, 0.2) is 11.2 Å². The van der Waals surface area contributed by atoms with Crippen LogP contribution in [0.25, 0.3) is 0 Å². The summed E-state index contributed by atoms with van der Waals surface area (Å²) in [6.45, 7) is 7.82. The van der Waals surface area contributed by atoms with Gasteiger partial charge in [-0.15, -0.1) is 11.3 Å². The Labute approximate surface area is 101 Å². The Kier molecular flexibility index (Phi) is 5.25. The number of aliphatic imine (C=N–C) groups is 1. The second-order valence-electron chi connectivity index (χ2n) is 4.05. The maximum absolute atomic E-state index is 5.72. The van der Waals surface area contributed by atoms with Crippen molar-refractivity contribution >= 4 is 17.3 Å². The molecule has 0 saturated heterocycles. The highest BCUT2D eigenvalue weighted by Crippen LogP contribution is 2.13. The molecule has 3 N–H and O–H groups in total. The maximum Gasteiger partial charge on any atom is 0.189 e. The lowest BCUT2D eigenvalue weighted by atomic mass is 10.2. The molecule has 0 spiro atoms. The lowest BCUT2D eigenvalue weighted by Gasteiger charge is -2.07. The fourth-order valence-electron chi connectivity index (χ4n) is 1.10. The van der Waals surface area contributed by atoms with Crippen molar-refractivity contribution in [3.05, 3.63) is 16.1 Å². The van der Waals surface area contributed by atoms with Crippen LogP contribution in [-0.2, 0) is 13.0 Å². The maximum atomic E-state index is 5.72. The van der Waals surface area contributed by atoms with E-state index in [0.717, 1.165) is 18.0 Å². The van der Waals surface area contributed by atoms with Gasteiger partial charge in [0.2, 0.25) is 0 Å². The molecular formula is C11H20N4S. The summed E-state index contributed by atoms with van der Waals surface area (Å²) < 4.78 is 0. The first-order valence-corrected chi connectivity index (χ1v) is 6.40. The number of thiazole rings is 1. The Morgan fingerprint density at radius 2 is 2.38 bits per heavy atom. The van der Waals surface area contributed by atoms with Gasteiger partial charge in [-0.25, -0.2) is 9.98 Å². The molecule has 16 heavy (non-hydrogen) atoms. The highest BCUT2D eigenvalue weighted by atomic mass is 32.1. The quantitative estimate of drug-likeness (QED) is 0.609. The zero-order valence-electron chi connectivity index (χ0n) is 10.2. The van der Waals surface area contributed by atoms with Gasteiger partial charge in [0.15, 0.2) is 5.96 Å². The second kappa shape index (κ2) is 6.48. The molecule has 0 fully saturated rings. The van der Waals surface area contributed by atoms with Crippen LogP contribution in [0.3, 0.4) is 0 Å². The predicted octanol–water partition coefficient (Wildman–Crippen LogP) is 1.77. The molecule has 0 amide bonds. The van der Waals surface area contributed by atoms with Gasteiger partial charge in [0.25, 0.3) is 0 Å². The van der Waals surface area contributed by atoms with Crippen molar-refractivity contribution < 1.29 is 0 Å². The van der Waals surface area contributed by atoms with Gasteiger partial charge >= 0.3 is 0 Å². The van der Waals surface area contributed by atoms with E-state index in [0.29, 0.717) is 18.4 Å². The van der Waals surface area contributed by atoms with Crippen molar-refractivity contribution in [1.82, 2.24) is 10.3 Å². The third-order valence-electron chi connectivity index (χ3n) is 2.03. The van der Waals surface area contributed by atoms with Gasteiger partial charge in [0.1, 0.15) is 5.01 Å². The van der Waals surface area contributed by atoms with Crippen LogP contribution in [0.5, 0.6) is 0 Å². The summed E-state index contributed by atoms with van der Waals surface area (Å²) >= 11 is 1.70. The molecule has 90 valence electrons. The molecule has 0 bridgehead atoms. The van der Waals surface area contributed by atoms with E-state index in [1.165, 1.54) is 4.88 Å². The van der Waals surface area contributed by atoms with Crippen molar-refractivity contribution in [2.24, 2.45) is 16.6 Å². The van der Waals surface area contributed by atoms with E-state index in [1.54, 1.807) is 11.3 Å². The van der Waals surface area contributed by atoms with Gasteiger partial charge in [-0.1, -0.05) is 20.8 Å². The van der Waals surface area contributed by atoms with Gasteiger partial charge in [-0.2, -0.15) is 0 Å². The summed E-state index contributed by atoms with van der Waals surface area (Å²) in [6, 6.07) is 0. The predicted molar refractivity (Wildman–Crippen MR) is 69.7 cm³/mol. The molecule has 0 unspecified atom stereocenters. The van der Waals surface area contributed by atoms with Crippen molar-refractivity contribution in [2.75, 3.05) is 6.54 Å². The summed E-state index contributed by atoms with van der Waals surface area (Å²) in [4.78, 5) is 9.82. The molecule has 0 aromatic carbocycles. The fourth-order valence-corrected chi connectivity index (χ4v) is 1.89. The zero-order valence-corrected chi connectivity index (χ0v) is 11.0. The van der Waals surface area contributed by atoms with Crippen LogP contribution < -0.4 is 11.1 Å². The van der Waals surface area contributed by atoms with Gasteiger partial charge in [-0.3, -0.25) is 0 Å². The Morgan fingerprint density at radius 1 is 1.62 bits per heavy atom. The summed E-state index contributed by atoms with van der Waals surface area (Å²) in [7, 11) is 0. The van der Waals surface area contributed by atoms with Crippen LogP contribution in [0.1, 0.15) is 30.7 Å². The minimum Gasteiger partial charge on any atom is -0.370 e. The minimum absolute atomic E-state index is 0.502. The van der Waals surface area contributed by atoms with Gasteiger partial charge in [0, 0.05) is 17.6 Å². The first-order chi connectivity index (χ1) is 7.61. The molecule has 1 rings (SSSR count). The summed E-state index contributed by atoms with van der Waals surface area (Å²) in [5.74, 6) is 1.07. The lowest BCUT2D eigenvalue weighted by molar-refractivity contribution is 0.622. The van der Waals surface area contributed by atoms with Gasteiger partial charge in [0.05, 0.1) is 6.54 Å². The molecule has 0 aliphatic rings. The topological polar surface area (TPSA) is 63.3 Å². The minimum atomic E-state index is 0.502. The molecule has 0 radical (unpaired) electrons. The molecule has 1 aromatic rings. The number of rotatable bonds is 5. The molecule has 4 nitrogen and oxygen atoms in total. The van der Waals surface area contributed by atoms with E-state index >= 15 is 0 Å². The number of nitrogens with one attached hydrogen (secondary N) is 1. The van der Waals surface area contributed by atoms with E-state index in [9.17, 15) is 0 Å². The number of nitrogens with zero attached hydrogens (tertiary/aromatic N) is 2. The van der Waals surface area contributed by atoms with Crippen LogP contribution in [0.4, 0.5) is 0 Å². The number of nitrogens with two attached hydrogens (primary N) is 1. The van der Waals surface area contributed by atoms with E-state index in [2.05, 4.69) is 36.1 Å². The summed E-state index contributed by atoms with van der Waals surface area (Å²) in [6.07, 6.45) is 2.94. The molecule has 1 aromatic heterocycles. The van der Waals surface area contributed by atoms with Gasteiger partial charge in [-0.05, 0) is 12.3 Å². The van der Waals surface area contributed by atoms with E-state index in [-0.39, 0.29) is 0 Å². The second-order valence-corrected chi connectivity index (χ2v) is 5.25. The van der Waals surface area contributed by atoms with Crippen molar-refractivity contribution in [3.8, 4) is 0 Å². The third-order valence-corrected chi connectivity index (χ3v) is 3.15. The number of hydrogen-bond donors (Lipinski definition) is 2. The van der Waals surface area contributed by atoms with Crippen LogP contribution >= 0.6 is 11.3 Å². The van der Waals surface area contributed by atoms with Crippen molar-refractivity contribution in [3.63, 3.8) is 0 Å². The number of aromatic nitrogens is 1. The van der Waals surface area contributed by atoms with E-state index in [1.807, 2.05) is 6.20 Å². The highest BCUT2D eigenvalue weighted by Gasteiger charge is 2.00. The van der Waals surface area contributed by atoms with E-state index in [4.69, 9.17) is 5.73 Å². The first-order valence-electron chi connectivity index (χ1n) is 5.59. The smallest absolute Gasteiger partial charge is 0.189 e. The Hall–Kier alpha value is -1.10. The first kappa shape index (κ1) is 13.0. The summed E-state index contributed by atoms with van der Waals surface area (Å²) in [5.41, 5.74) is 5.72. The normalized spacial score (nSPS) is 12.1. The molecule has 0 atom stereocenters. The standard InChI is InChI=1S/C11H20N4S/c1-4-9-6-13-10(16-9)7-15-11(12)14-5-8(2)3/h6,8H,4-5,7H2,1-3H3,(H3,12,14,15). The molecular weight excluding hydrogens is 220 g/mol. The van der Waals surface area contributed by atoms with Gasteiger partial charge < -0.3 is 11.1 Å². The Morgan fingerprint density at radius 3 is 2.94 bits per heavy atom. The average molecular weight is 240 g/mol.